The van der Waals surface area contributed by atoms with Gasteiger partial charge in [0.25, 0.3) is 5.91 Å². The van der Waals surface area contributed by atoms with Crippen LogP contribution >= 0.6 is 0 Å². The Morgan fingerprint density at radius 3 is 2.24 bits per heavy atom. The number of unbranched alkanes of at least 4 members (excludes halogenated alkanes) is 5. The van der Waals surface area contributed by atoms with Gasteiger partial charge in [0.1, 0.15) is 11.6 Å². The first kappa shape index (κ1) is 19.0. The summed E-state index contributed by atoms with van der Waals surface area (Å²) < 4.78 is 18.6. The molecule has 0 saturated heterocycles. The fourth-order valence-electron chi connectivity index (χ4n) is 2.51. The second kappa shape index (κ2) is 10.5. The van der Waals surface area contributed by atoms with Crippen LogP contribution in [0.3, 0.4) is 0 Å². The minimum atomic E-state index is -0.329. The van der Waals surface area contributed by atoms with Crippen LogP contribution in [0.1, 0.15) is 55.8 Å². The Kier molecular flexibility index (Phi) is 7.96. The molecule has 2 rings (SSSR count). The number of hydrogen-bond donors (Lipinski definition) is 1. The first-order valence-corrected chi connectivity index (χ1v) is 8.99. The highest BCUT2D eigenvalue weighted by molar-refractivity contribution is 6.04. The molecule has 0 aliphatic heterocycles. The van der Waals surface area contributed by atoms with Crippen LogP contribution in [0, 0.1) is 5.82 Å². The van der Waals surface area contributed by atoms with E-state index in [4.69, 9.17) is 4.74 Å². The van der Waals surface area contributed by atoms with Crippen LogP contribution in [-0.2, 0) is 0 Å². The highest BCUT2D eigenvalue weighted by Crippen LogP contribution is 2.15. The molecule has 0 aromatic heterocycles. The van der Waals surface area contributed by atoms with Crippen molar-refractivity contribution in [2.24, 2.45) is 0 Å². The molecular weight excluding hydrogens is 317 g/mol. The summed E-state index contributed by atoms with van der Waals surface area (Å²) in [4.78, 5) is 12.2. The molecule has 0 heterocycles. The maximum atomic E-state index is 12.9. The van der Waals surface area contributed by atoms with Crippen LogP contribution in [0.2, 0.25) is 0 Å². The second-order valence-electron chi connectivity index (χ2n) is 6.10. The van der Waals surface area contributed by atoms with E-state index < -0.39 is 0 Å². The number of carbonyl (C=O) groups excluding carboxylic acids is 1. The van der Waals surface area contributed by atoms with E-state index in [1.807, 2.05) is 0 Å². The van der Waals surface area contributed by atoms with Gasteiger partial charge in [-0.25, -0.2) is 4.39 Å². The average molecular weight is 343 g/mol. The molecule has 0 unspecified atom stereocenters. The topological polar surface area (TPSA) is 38.3 Å². The number of nitrogens with one attached hydrogen (secondary N) is 1. The molecule has 0 atom stereocenters. The Balaban J connectivity index is 1.73. The van der Waals surface area contributed by atoms with E-state index >= 15 is 0 Å². The molecule has 134 valence electrons. The molecule has 0 radical (unpaired) electrons. The smallest absolute Gasteiger partial charge is 0.255 e. The van der Waals surface area contributed by atoms with Gasteiger partial charge in [0.05, 0.1) is 6.61 Å². The third kappa shape index (κ3) is 6.96. The van der Waals surface area contributed by atoms with Crippen LogP contribution in [0.15, 0.2) is 48.5 Å². The molecule has 0 aliphatic carbocycles. The summed E-state index contributed by atoms with van der Waals surface area (Å²) in [5.41, 5.74) is 1.10. The summed E-state index contributed by atoms with van der Waals surface area (Å²) in [7, 11) is 0. The number of benzene rings is 2. The summed E-state index contributed by atoms with van der Waals surface area (Å²) in [6.07, 6.45) is 7.38. The molecule has 2 aromatic rings. The maximum absolute atomic E-state index is 12.9. The number of carbonyl (C=O) groups is 1. The number of amides is 1. The van der Waals surface area contributed by atoms with Crippen molar-refractivity contribution in [2.45, 2.75) is 45.4 Å². The van der Waals surface area contributed by atoms with Crippen molar-refractivity contribution in [1.82, 2.24) is 0 Å². The Morgan fingerprint density at radius 1 is 0.920 bits per heavy atom. The van der Waals surface area contributed by atoms with Gasteiger partial charge in [-0.05, 0) is 55.0 Å². The highest BCUT2D eigenvalue weighted by atomic mass is 19.1. The molecule has 4 heteroatoms. The maximum Gasteiger partial charge on any atom is 0.255 e. The van der Waals surface area contributed by atoms with E-state index in [9.17, 15) is 9.18 Å². The lowest BCUT2D eigenvalue weighted by Gasteiger charge is -2.08. The van der Waals surface area contributed by atoms with E-state index in [0.717, 1.165) is 12.2 Å². The van der Waals surface area contributed by atoms with Gasteiger partial charge in [-0.15, -0.1) is 0 Å². The molecule has 1 N–H and O–H groups in total. The lowest BCUT2D eigenvalue weighted by molar-refractivity contribution is 0.102. The van der Waals surface area contributed by atoms with Gasteiger partial charge in [0, 0.05) is 11.3 Å². The molecular formula is C21H26FNO2. The largest absolute Gasteiger partial charge is 0.494 e. The Hall–Kier alpha value is -2.36. The van der Waals surface area contributed by atoms with Crippen molar-refractivity contribution in [1.29, 1.82) is 0 Å². The minimum Gasteiger partial charge on any atom is -0.494 e. The number of ether oxygens (including phenoxy) is 1. The molecule has 0 bridgehead atoms. The minimum absolute atomic E-state index is 0.228. The monoisotopic (exact) mass is 343 g/mol. The lowest BCUT2D eigenvalue weighted by atomic mass is 10.1. The van der Waals surface area contributed by atoms with Crippen LogP contribution in [-0.4, -0.2) is 12.5 Å². The molecule has 25 heavy (non-hydrogen) atoms. The third-order valence-corrected chi connectivity index (χ3v) is 3.99. The first-order valence-electron chi connectivity index (χ1n) is 8.99. The summed E-state index contributed by atoms with van der Waals surface area (Å²) in [6, 6.07) is 12.8. The van der Waals surface area contributed by atoms with Crippen molar-refractivity contribution < 1.29 is 13.9 Å². The fraction of sp³-hybridized carbons (Fsp3) is 0.381. The predicted molar refractivity (Wildman–Crippen MR) is 99.7 cm³/mol. The van der Waals surface area contributed by atoms with Gasteiger partial charge in [-0.2, -0.15) is 0 Å². The summed E-state index contributed by atoms with van der Waals surface area (Å²) in [6.45, 7) is 2.92. The summed E-state index contributed by atoms with van der Waals surface area (Å²) in [5, 5.41) is 2.74. The van der Waals surface area contributed by atoms with Gasteiger partial charge < -0.3 is 10.1 Å². The Labute approximate surface area is 149 Å². The number of halogens is 1. The van der Waals surface area contributed by atoms with Crippen molar-refractivity contribution in [3.63, 3.8) is 0 Å². The van der Waals surface area contributed by atoms with Crippen LogP contribution in [0.4, 0.5) is 10.1 Å². The number of anilines is 1. The standard InChI is InChI=1S/C21H26FNO2/c1-2-3-4-5-6-7-16-25-20-14-8-17(9-15-20)21(24)23-19-12-10-18(22)11-13-19/h8-15H,2-7,16H2,1H3,(H,23,24). The Bertz CT molecular complexity index is 638. The molecule has 2 aromatic carbocycles. The van der Waals surface area contributed by atoms with Crippen LogP contribution < -0.4 is 10.1 Å². The molecule has 0 fully saturated rings. The highest BCUT2D eigenvalue weighted by Gasteiger charge is 2.06. The van der Waals surface area contributed by atoms with Gasteiger partial charge in [0.2, 0.25) is 0 Å². The average Bonchev–Trinajstić information content (AvgIpc) is 2.63. The zero-order valence-electron chi connectivity index (χ0n) is 14.8. The SMILES string of the molecule is CCCCCCCCOc1ccc(C(=O)Nc2ccc(F)cc2)cc1. The zero-order chi connectivity index (χ0) is 17.9. The van der Waals surface area contributed by atoms with E-state index in [0.29, 0.717) is 17.9 Å². The molecule has 1 amide bonds. The number of hydrogen-bond acceptors (Lipinski definition) is 2. The van der Waals surface area contributed by atoms with Crippen LogP contribution in [0.5, 0.6) is 5.75 Å². The zero-order valence-corrected chi connectivity index (χ0v) is 14.8. The van der Waals surface area contributed by atoms with Crippen molar-refractivity contribution in [3.8, 4) is 5.75 Å². The van der Waals surface area contributed by atoms with Crippen molar-refractivity contribution >= 4 is 11.6 Å². The molecule has 0 spiro atoms. The van der Waals surface area contributed by atoms with E-state index in [1.54, 1.807) is 24.3 Å². The number of rotatable bonds is 10. The molecule has 0 aliphatic rings. The summed E-state index contributed by atoms with van der Waals surface area (Å²) in [5.74, 6) is 0.214. The lowest BCUT2D eigenvalue weighted by Crippen LogP contribution is -2.11. The van der Waals surface area contributed by atoms with E-state index in [2.05, 4.69) is 12.2 Å². The van der Waals surface area contributed by atoms with E-state index in [-0.39, 0.29) is 11.7 Å². The van der Waals surface area contributed by atoms with E-state index in [1.165, 1.54) is 56.4 Å². The fourth-order valence-corrected chi connectivity index (χ4v) is 2.51. The van der Waals surface area contributed by atoms with Gasteiger partial charge in [0.15, 0.2) is 0 Å². The van der Waals surface area contributed by atoms with Gasteiger partial charge in [-0.3, -0.25) is 4.79 Å². The first-order chi connectivity index (χ1) is 12.2. The molecule has 3 nitrogen and oxygen atoms in total. The van der Waals surface area contributed by atoms with Crippen LogP contribution in [0.25, 0.3) is 0 Å². The molecule has 0 saturated carbocycles. The normalized spacial score (nSPS) is 10.5. The summed E-state index contributed by atoms with van der Waals surface area (Å²) >= 11 is 0. The predicted octanol–water partition coefficient (Wildman–Crippen LogP) is 5.82. The third-order valence-electron chi connectivity index (χ3n) is 3.99. The van der Waals surface area contributed by atoms with Gasteiger partial charge in [-0.1, -0.05) is 39.0 Å². The van der Waals surface area contributed by atoms with Crippen molar-refractivity contribution in [2.75, 3.05) is 11.9 Å². The quantitative estimate of drug-likeness (QED) is 0.552. The second-order valence-corrected chi connectivity index (χ2v) is 6.10. The van der Waals surface area contributed by atoms with Gasteiger partial charge >= 0.3 is 0 Å². The van der Waals surface area contributed by atoms with Crippen molar-refractivity contribution in [3.05, 3.63) is 59.9 Å². The Morgan fingerprint density at radius 2 is 1.56 bits per heavy atom.